The second-order valence-corrected chi connectivity index (χ2v) is 8.52. The average molecular weight is 415 g/mol. The second kappa shape index (κ2) is 6.81. The minimum absolute atomic E-state index is 0.192. The van der Waals surface area contributed by atoms with Crippen LogP contribution >= 0.6 is 15.9 Å². The van der Waals surface area contributed by atoms with Crippen LogP contribution in [-0.4, -0.2) is 49.0 Å². The number of pyridine rings is 1. The molecule has 0 spiro atoms. The zero-order valence-electron chi connectivity index (χ0n) is 13.6. The number of rotatable bonds is 3. The van der Waals surface area contributed by atoms with Crippen LogP contribution in [0.2, 0.25) is 0 Å². The van der Waals surface area contributed by atoms with Crippen molar-refractivity contribution in [1.82, 2.24) is 14.4 Å². The summed E-state index contributed by atoms with van der Waals surface area (Å²) in [6.07, 6.45) is 2.49. The van der Waals surface area contributed by atoms with Gasteiger partial charge in [0.1, 0.15) is 16.4 Å². The minimum Gasteiger partial charge on any atom is -0.360 e. The van der Waals surface area contributed by atoms with Gasteiger partial charge in [-0.05, 0) is 48.3 Å². The van der Waals surface area contributed by atoms with Crippen LogP contribution in [-0.2, 0) is 10.0 Å². The van der Waals surface area contributed by atoms with Crippen molar-refractivity contribution >= 4 is 31.8 Å². The van der Waals surface area contributed by atoms with Crippen molar-refractivity contribution in [1.29, 1.82) is 0 Å². The van der Waals surface area contributed by atoms with E-state index in [9.17, 15) is 8.42 Å². The van der Waals surface area contributed by atoms with Gasteiger partial charge in [0.15, 0.2) is 5.76 Å². The zero-order valence-corrected chi connectivity index (χ0v) is 16.0. The predicted molar refractivity (Wildman–Crippen MR) is 93.5 cm³/mol. The molecule has 2 aromatic heterocycles. The van der Waals surface area contributed by atoms with Crippen LogP contribution < -0.4 is 4.90 Å². The van der Waals surface area contributed by atoms with Crippen LogP contribution in [0.3, 0.4) is 0 Å². The van der Waals surface area contributed by atoms with E-state index in [1.165, 1.54) is 4.31 Å². The monoisotopic (exact) mass is 414 g/mol. The van der Waals surface area contributed by atoms with Crippen molar-refractivity contribution in [2.75, 3.05) is 31.1 Å². The Kier molecular flexibility index (Phi) is 4.93. The highest BCUT2D eigenvalue weighted by Crippen LogP contribution is 2.25. The molecule has 0 aliphatic carbocycles. The average Bonchev–Trinajstić information content (AvgIpc) is 2.76. The Labute approximate surface area is 149 Å². The third-order valence-corrected chi connectivity index (χ3v) is 6.67. The van der Waals surface area contributed by atoms with Gasteiger partial charge in [-0.15, -0.1) is 0 Å². The molecule has 0 amide bonds. The molecule has 1 fully saturated rings. The van der Waals surface area contributed by atoms with Gasteiger partial charge in [-0.3, -0.25) is 0 Å². The Morgan fingerprint density at radius 3 is 2.58 bits per heavy atom. The number of nitrogens with zero attached hydrogens (tertiary/aromatic N) is 4. The normalized spacial score (nSPS) is 17.0. The Bertz CT molecular complexity index is 800. The first-order valence-corrected chi connectivity index (χ1v) is 9.92. The van der Waals surface area contributed by atoms with E-state index in [-0.39, 0.29) is 4.90 Å². The number of halogens is 1. The lowest BCUT2D eigenvalue weighted by atomic mass is 10.3. The molecule has 24 heavy (non-hydrogen) atoms. The van der Waals surface area contributed by atoms with Crippen LogP contribution in [0.25, 0.3) is 0 Å². The molecule has 0 aromatic carbocycles. The van der Waals surface area contributed by atoms with Gasteiger partial charge in [-0.25, -0.2) is 13.4 Å². The molecule has 0 bridgehead atoms. The van der Waals surface area contributed by atoms with Crippen LogP contribution in [0.4, 0.5) is 5.82 Å². The summed E-state index contributed by atoms with van der Waals surface area (Å²) in [5, 5.41) is 3.77. The van der Waals surface area contributed by atoms with Gasteiger partial charge < -0.3 is 9.42 Å². The summed E-state index contributed by atoms with van der Waals surface area (Å²) in [6.45, 7) is 5.52. The smallest absolute Gasteiger partial charge is 0.248 e. The van der Waals surface area contributed by atoms with Gasteiger partial charge in [0.2, 0.25) is 10.0 Å². The van der Waals surface area contributed by atoms with Crippen LogP contribution in [0.1, 0.15) is 17.9 Å². The maximum Gasteiger partial charge on any atom is 0.248 e. The van der Waals surface area contributed by atoms with Gasteiger partial charge in [0.05, 0.1) is 0 Å². The van der Waals surface area contributed by atoms with Crippen molar-refractivity contribution < 1.29 is 12.9 Å². The predicted octanol–water partition coefficient (Wildman–Crippen LogP) is 2.35. The molecule has 130 valence electrons. The number of anilines is 1. The summed E-state index contributed by atoms with van der Waals surface area (Å²) >= 11 is 3.37. The zero-order chi connectivity index (χ0) is 17.3. The molecule has 9 heteroatoms. The first-order chi connectivity index (χ1) is 11.4. The number of aryl methyl sites for hydroxylation is 2. The number of aromatic nitrogens is 2. The van der Waals surface area contributed by atoms with Crippen LogP contribution in [0.15, 0.2) is 32.2 Å². The van der Waals surface area contributed by atoms with Crippen molar-refractivity contribution in [3.63, 3.8) is 0 Å². The van der Waals surface area contributed by atoms with E-state index in [4.69, 9.17) is 4.52 Å². The summed E-state index contributed by atoms with van der Waals surface area (Å²) in [5.74, 6) is 1.19. The Hall–Kier alpha value is -1.45. The molecule has 1 aliphatic heterocycles. The molecule has 0 N–H and O–H groups in total. The standard InChI is InChI=1S/C15H19BrN4O3S/c1-11-15(12(2)23-18-11)24(21,22)20-7-3-6-19(8-9-20)14-5-4-13(16)10-17-14/h4-5,10H,3,6-9H2,1-2H3. The SMILES string of the molecule is Cc1noc(C)c1S(=O)(=O)N1CCCN(c2ccc(Br)cn2)CC1. The van der Waals surface area contributed by atoms with E-state index in [1.807, 2.05) is 12.1 Å². The third kappa shape index (κ3) is 3.33. The summed E-state index contributed by atoms with van der Waals surface area (Å²) in [7, 11) is -3.59. The van der Waals surface area contributed by atoms with E-state index < -0.39 is 10.0 Å². The molecule has 3 rings (SSSR count). The molecule has 0 radical (unpaired) electrons. The van der Waals surface area contributed by atoms with Crippen molar-refractivity contribution in [2.45, 2.75) is 25.2 Å². The van der Waals surface area contributed by atoms with Crippen molar-refractivity contribution in [3.8, 4) is 0 Å². The van der Waals surface area contributed by atoms with E-state index >= 15 is 0 Å². The molecule has 0 unspecified atom stereocenters. The highest BCUT2D eigenvalue weighted by molar-refractivity contribution is 9.10. The minimum atomic E-state index is -3.59. The fraction of sp³-hybridized carbons (Fsp3) is 0.467. The van der Waals surface area contributed by atoms with E-state index in [1.54, 1.807) is 20.0 Å². The van der Waals surface area contributed by atoms with Crippen molar-refractivity contribution in [2.24, 2.45) is 0 Å². The van der Waals surface area contributed by atoms with Gasteiger partial charge in [-0.2, -0.15) is 4.31 Å². The number of sulfonamides is 1. The molecule has 1 saturated heterocycles. The lowest BCUT2D eigenvalue weighted by molar-refractivity contribution is 0.389. The Morgan fingerprint density at radius 1 is 1.17 bits per heavy atom. The van der Waals surface area contributed by atoms with Gasteiger partial charge in [0, 0.05) is 36.8 Å². The number of hydrogen-bond acceptors (Lipinski definition) is 6. The summed E-state index contributed by atoms with van der Waals surface area (Å²) in [4.78, 5) is 6.69. The van der Waals surface area contributed by atoms with E-state index in [0.29, 0.717) is 31.1 Å². The first kappa shape index (κ1) is 17.4. The molecule has 1 aliphatic rings. The van der Waals surface area contributed by atoms with Gasteiger partial charge in [0.25, 0.3) is 0 Å². The maximum atomic E-state index is 12.9. The van der Waals surface area contributed by atoms with Crippen LogP contribution in [0.5, 0.6) is 0 Å². The molecule has 0 saturated carbocycles. The van der Waals surface area contributed by atoms with Gasteiger partial charge in [-0.1, -0.05) is 5.16 Å². The largest absolute Gasteiger partial charge is 0.360 e. The van der Waals surface area contributed by atoms with Gasteiger partial charge >= 0.3 is 0 Å². The highest BCUT2D eigenvalue weighted by atomic mass is 79.9. The van der Waals surface area contributed by atoms with Crippen molar-refractivity contribution in [3.05, 3.63) is 34.3 Å². The Morgan fingerprint density at radius 2 is 1.96 bits per heavy atom. The lowest BCUT2D eigenvalue weighted by Gasteiger charge is -2.22. The third-order valence-electron chi connectivity index (χ3n) is 4.06. The second-order valence-electron chi connectivity index (χ2n) is 5.73. The lowest BCUT2D eigenvalue weighted by Crippen LogP contribution is -2.35. The Balaban J connectivity index is 1.79. The summed E-state index contributed by atoms with van der Waals surface area (Å²) in [6, 6.07) is 3.87. The fourth-order valence-electron chi connectivity index (χ4n) is 2.89. The van der Waals surface area contributed by atoms with Crippen LogP contribution in [0, 0.1) is 13.8 Å². The fourth-order valence-corrected chi connectivity index (χ4v) is 4.89. The first-order valence-electron chi connectivity index (χ1n) is 7.69. The molecule has 7 nitrogen and oxygen atoms in total. The molecular weight excluding hydrogens is 396 g/mol. The highest BCUT2D eigenvalue weighted by Gasteiger charge is 2.32. The van der Waals surface area contributed by atoms with E-state index in [2.05, 4.69) is 31.0 Å². The molecule has 3 heterocycles. The molecule has 2 aromatic rings. The van der Waals surface area contributed by atoms with E-state index in [0.717, 1.165) is 23.3 Å². The summed E-state index contributed by atoms with van der Waals surface area (Å²) in [5.41, 5.74) is 0.406. The molecule has 0 atom stereocenters. The quantitative estimate of drug-likeness (QED) is 0.766. The number of hydrogen-bond donors (Lipinski definition) is 0. The molecular formula is C15H19BrN4O3S. The maximum absolute atomic E-state index is 12.9. The topological polar surface area (TPSA) is 79.5 Å². The summed E-state index contributed by atoms with van der Waals surface area (Å²) < 4.78 is 33.3.